The van der Waals surface area contributed by atoms with Crippen molar-refractivity contribution in [2.75, 3.05) is 0 Å². The van der Waals surface area contributed by atoms with Crippen molar-refractivity contribution >= 4 is 0 Å². The molecule has 1 heterocycles. The summed E-state index contributed by atoms with van der Waals surface area (Å²) >= 11 is 0. The van der Waals surface area contributed by atoms with Gasteiger partial charge in [0.1, 0.15) is 0 Å². The largest absolute Gasteiger partial charge is 0.416 e. The van der Waals surface area contributed by atoms with Crippen molar-refractivity contribution in [1.82, 2.24) is 4.57 Å². The molecule has 1 atom stereocenters. The zero-order valence-corrected chi connectivity index (χ0v) is 10.4. The first-order valence-electron chi connectivity index (χ1n) is 5.87. The summed E-state index contributed by atoms with van der Waals surface area (Å²) in [5.41, 5.74) is 0.570. The van der Waals surface area contributed by atoms with Crippen LogP contribution in [0.5, 0.6) is 0 Å². The van der Waals surface area contributed by atoms with E-state index in [-0.39, 0.29) is 0 Å². The fourth-order valence-electron chi connectivity index (χ4n) is 1.99. The normalized spacial score (nSPS) is 13.5. The Morgan fingerprint density at radius 3 is 2.58 bits per heavy atom. The molecule has 0 amide bonds. The number of benzene rings is 1. The fraction of sp³-hybridized carbons (Fsp3) is 0.286. The maximum atomic E-state index is 12.6. The fourth-order valence-corrected chi connectivity index (χ4v) is 1.99. The molecule has 19 heavy (non-hydrogen) atoms. The minimum atomic E-state index is -4.33. The first-order chi connectivity index (χ1) is 8.88. The van der Waals surface area contributed by atoms with Crippen LogP contribution in [0.1, 0.15) is 29.8 Å². The zero-order chi connectivity index (χ0) is 14.0. The Kier molecular flexibility index (Phi) is 3.66. The molecule has 0 bridgehead atoms. The molecule has 0 aliphatic carbocycles. The second-order valence-corrected chi connectivity index (χ2v) is 4.44. The Labute approximate surface area is 109 Å². The summed E-state index contributed by atoms with van der Waals surface area (Å²) in [5, 5.41) is 9.55. The molecule has 2 aromatic rings. The molecule has 0 saturated carbocycles. The van der Waals surface area contributed by atoms with Gasteiger partial charge in [0.2, 0.25) is 0 Å². The smallest absolute Gasteiger partial charge is 0.387 e. The van der Waals surface area contributed by atoms with Crippen LogP contribution in [0, 0.1) is 0 Å². The summed E-state index contributed by atoms with van der Waals surface area (Å²) in [7, 11) is 0. The summed E-state index contributed by atoms with van der Waals surface area (Å²) < 4.78 is 39.6. The Morgan fingerprint density at radius 2 is 1.95 bits per heavy atom. The lowest BCUT2D eigenvalue weighted by Gasteiger charge is -2.13. The van der Waals surface area contributed by atoms with Crippen LogP contribution in [-0.4, -0.2) is 9.67 Å². The molecule has 1 N–H and O–H groups in total. The lowest BCUT2D eigenvalue weighted by Crippen LogP contribution is -2.08. The second kappa shape index (κ2) is 5.09. The monoisotopic (exact) mass is 269 g/mol. The molecule has 0 spiro atoms. The molecule has 2 nitrogen and oxygen atoms in total. The van der Waals surface area contributed by atoms with Gasteiger partial charge < -0.3 is 9.67 Å². The minimum absolute atomic E-state index is 0.303. The second-order valence-electron chi connectivity index (χ2n) is 4.44. The number of hydrogen-bond acceptors (Lipinski definition) is 1. The van der Waals surface area contributed by atoms with Crippen molar-refractivity contribution in [3.05, 3.63) is 59.4 Å². The van der Waals surface area contributed by atoms with Crippen LogP contribution in [0.3, 0.4) is 0 Å². The van der Waals surface area contributed by atoms with Crippen molar-refractivity contribution in [2.24, 2.45) is 0 Å². The van der Waals surface area contributed by atoms with Crippen molar-refractivity contribution in [1.29, 1.82) is 0 Å². The van der Waals surface area contributed by atoms with E-state index in [2.05, 4.69) is 0 Å². The topological polar surface area (TPSA) is 25.2 Å². The number of aliphatic hydroxyl groups is 1. The van der Waals surface area contributed by atoms with Crippen molar-refractivity contribution in [3.8, 4) is 0 Å². The van der Waals surface area contributed by atoms with E-state index in [1.54, 1.807) is 35.9 Å². The van der Waals surface area contributed by atoms with E-state index in [4.69, 9.17) is 0 Å². The van der Waals surface area contributed by atoms with Crippen LogP contribution in [0.15, 0.2) is 42.6 Å². The number of aliphatic hydroxyl groups excluding tert-OH is 1. The highest BCUT2D eigenvalue weighted by molar-refractivity contribution is 5.26. The van der Waals surface area contributed by atoms with Crippen LogP contribution in [0.25, 0.3) is 0 Å². The highest BCUT2D eigenvalue weighted by atomic mass is 19.4. The molecule has 0 fully saturated rings. The van der Waals surface area contributed by atoms with E-state index in [1.165, 1.54) is 6.07 Å². The SMILES string of the molecule is CC(O)c1cccn1Cc1cccc(C(F)(F)F)c1. The minimum Gasteiger partial charge on any atom is -0.387 e. The Hall–Kier alpha value is -1.75. The number of halogens is 3. The maximum Gasteiger partial charge on any atom is 0.416 e. The molecule has 1 aromatic heterocycles. The number of alkyl halides is 3. The van der Waals surface area contributed by atoms with Gasteiger partial charge in [-0.15, -0.1) is 0 Å². The van der Waals surface area contributed by atoms with Gasteiger partial charge in [0, 0.05) is 18.4 Å². The summed E-state index contributed by atoms with van der Waals surface area (Å²) in [5.74, 6) is 0. The summed E-state index contributed by atoms with van der Waals surface area (Å²) in [6, 6.07) is 8.72. The molecule has 0 saturated heterocycles. The van der Waals surface area contributed by atoms with E-state index in [9.17, 15) is 18.3 Å². The number of aromatic nitrogens is 1. The molecule has 0 aliphatic heterocycles. The van der Waals surface area contributed by atoms with Gasteiger partial charge in [-0.3, -0.25) is 0 Å². The average molecular weight is 269 g/mol. The number of nitrogens with zero attached hydrogens (tertiary/aromatic N) is 1. The highest BCUT2D eigenvalue weighted by Gasteiger charge is 2.30. The van der Waals surface area contributed by atoms with E-state index in [1.807, 2.05) is 0 Å². The number of hydrogen-bond donors (Lipinski definition) is 1. The van der Waals surface area contributed by atoms with Crippen LogP contribution >= 0.6 is 0 Å². The molecule has 2 rings (SSSR count). The highest BCUT2D eigenvalue weighted by Crippen LogP contribution is 2.29. The first kappa shape index (κ1) is 13.7. The van der Waals surface area contributed by atoms with Gasteiger partial charge in [0.25, 0.3) is 0 Å². The third-order valence-electron chi connectivity index (χ3n) is 2.90. The van der Waals surface area contributed by atoms with E-state index >= 15 is 0 Å². The van der Waals surface area contributed by atoms with Gasteiger partial charge in [-0.25, -0.2) is 0 Å². The lowest BCUT2D eigenvalue weighted by atomic mass is 10.1. The molecule has 1 aromatic carbocycles. The zero-order valence-electron chi connectivity index (χ0n) is 10.4. The van der Waals surface area contributed by atoms with Gasteiger partial charge >= 0.3 is 6.18 Å². The van der Waals surface area contributed by atoms with Crippen LogP contribution in [-0.2, 0) is 12.7 Å². The van der Waals surface area contributed by atoms with Crippen molar-refractivity contribution in [3.63, 3.8) is 0 Å². The van der Waals surface area contributed by atoms with Crippen LogP contribution in [0.2, 0.25) is 0 Å². The predicted molar refractivity (Wildman–Crippen MR) is 65.6 cm³/mol. The van der Waals surface area contributed by atoms with Gasteiger partial charge in [0.05, 0.1) is 11.7 Å². The van der Waals surface area contributed by atoms with Crippen molar-refractivity contribution in [2.45, 2.75) is 25.7 Å². The molecular formula is C14H14F3NO. The quantitative estimate of drug-likeness (QED) is 0.904. The van der Waals surface area contributed by atoms with Crippen LogP contribution in [0.4, 0.5) is 13.2 Å². The van der Waals surface area contributed by atoms with E-state index < -0.39 is 17.8 Å². The Morgan fingerprint density at radius 1 is 1.21 bits per heavy atom. The lowest BCUT2D eigenvalue weighted by molar-refractivity contribution is -0.137. The molecule has 0 aliphatic rings. The molecular weight excluding hydrogens is 255 g/mol. The van der Waals surface area contributed by atoms with E-state index in [0.717, 1.165) is 12.1 Å². The average Bonchev–Trinajstić information content (AvgIpc) is 2.76. The molecule has 5 heteroatoms. The maximum absolute atomic E-state index is 12.6. The standard InChI is InChI=1S/C14H14F3NO/c1-10(19)13-6-3-7-18(13)9-11-4-2-5-12(8-11)14(15,16)17/h2-8,10,19H,9H2,1H3. The third-order valence-corrected chi connectivity index (χ3v) is 2.90. The van der Waals surface area contributed by atoms with Crippen LogP contribution < -0.4 is 0 Å². The number of rotatable bonds is 3. The summed E-state index contributed by atoms with van der Waals surface area (Å²) in [4.78, 5) is 0. The summed E-state index contributed by atoms with van der Waals surface area (Å²) in [6.45, 7) is 1.93. The van der Waals surface area contributed by atoms with Gasteiger partial charge in [-0.1, -0.05) is 12.1 Å². The Balaban J connectivity index is 2.26. The summed E-state index contributed by atoms with van der Waals surface area (Å²) in [6.07, 6.45) is -3.25. The van der Waals surface area contributed by atoms with Gasteiger partial charge in [-0.2, -0.15) is 13.2 Å². The van der Waals surface area contributed by atoms with Crippen molar-refractivity contribution < 1.29 is 18.3 Å². The van der Waals surface area contributed by atoms with E-state index in [0.29, 0.717) is 17.8 Å². The molecule has 1 unspecified atom stereocenters. The molecule has 0 radical (unpaired) electrons. The predicted octanol–water partition coefficient (Wildman–Crippen LogP) is 3.61. The third kappa shape index (κ3) is 3.17. The Bertz CT molecular complexity index is 558. The van der Waals surface area contributed by atoms with Gasteiger partial charge in [0.15, 0.2) is 0 Å². The molecule has 102 valence electrons. The first-order valence-corrected chi connectivity index (χ1v) is 5.87. The van der Waals surface area contributed by atoms with Gasteiger partial charge in [-0.05, 0) is 36.8 Å².